The predicted molar refractivity (Wildman–Crippen MR) is 68.4 cm³/mol. The average Bonchev–Trinajstić information content (AvgIpc) is 2.20. The Bertz CT molecular complexity index is 261. The summed E-state index contributed by atoms with van der Waals surface area (Å²) in [5.41, 5.74) is 2.68. The van der Waals surface area contributed by atoms with E-state index in [2.05, 4.69) is 50.4 Å². The highest BCUT2D eigenvalue weighted by atomic mass is 14.9. The van der Waals surface area contributed by atoms with Crippen LogP contribution in [0.25, 0.3) is 0 Å². The molecule has 1 N–H and O–H groups in total. The highest BCUT2D eigenvalue weighted by Crippen LogP contribution is 2.11. The minimum atomic E-state index is 0.775. The lowest BCUT2D eigenvalue weighted by Crippen LogP contribution is -2.04. The number of rotatable bonds is 6. The van der Waals surface area contributed by atoms with Crippen molar-refractivity contribution in [1.29, 1.82) is 0 Å². The summed E-state index contributed by atoms with van der Waals surface area (Å²) < 4.78 is 0. The van der Waals surface area contributed by atoms with Gasteiger partial charge in [0.15, 0.2) is 0 Å². The van der Waals surface area contributed by atoms with E-state index in [4.69, 9.17) is 0 Å². The van der Waals surface area contributed by atoms with E-state index in [1.54, 1.807) is 0 Å². The lowest BCUT2D eigenvalue weighted by Gasteiger charge is -2.08. The first-order valence-electron chi connectivity index (χ1n) is 6.05. The van der Waals surface area contributed by atoms with E-state index in [1.807, 2.05) is 0 Å². The van der Waals surface area contributed by atoms with Gasteiger partial charge in [-0.2, -0.15) is 0 Å². The minimum absolute atomic E-state index is 0.775. The van der Waals surface area contributed by atoms with Crippen LogP contribution in [0.1, 0.15) is 39.2 Å². The SMILES string of the molecule is CCCc1ccc(NCCC(C)C)cc1. The van der Waals surface area contributed by atoms with Gasteiger partial charge in [-0.05, 0) is 36.5 Å². The molecule has 1 heteroatoms. The van der Waals surface area contributed by atoms with Gasteiger partial charge in [-0.15, -0.1) is 0 Å². The molecular formula is C14H23N. The molecule has 0 spiro atoms. The zero-order valence-corrected chi connectivity index (χ0v) is 10.2. The number of nitrogens with one attached hydrogen (secondary N) is 1. The molecule has 0 fully saturated rings. The number of hydrogen-bond acceptors (Lipinski definition) is 1. The van der Waals surface area contributed by atoms with Crippen molar-refractivity contribution in [2.45, 2.75) is 40.0 Å². The van der Waals surface area contributed by atoms with Crippen LogP contribution in [0.3, 0.4) is 0 Å². The maximum absolute atomic E-state index is 3.45. The van der Waals surface area contributed by atoms with Crippen molar-refractivity contribution in [3.05, 3.63) is 29.8 Å². The van der Waals surface area contributed by atoms with Crippen LogP contribution in [0.4, 0.5) is 5.69 Å². The van der Waals surface area contributed by atoms with Crippen molar-refractivity contribution in [3.8, 4) is 0 Å². The highest BCUT2D eigenvalue weighted by molar-refractivity contribution is 5.44. The van der Waals surface area contributed by atoms with Gasteiger partial charge in [0.1, 0.15) is 0 Å². The predicted octanol–water partition coefficient (Wildman–Crippen LogP) is 4.10. The highest BCUT2D eigenvalue weighted by Gasteiger charge is 1.95. The van der Waals surface area contributed by atoms with E-state index in [0.717, 1.165) is 12.5 Å². The minimum Gasteiger partial charge on any atom is -0.385 e. The van der Waals surface area contributed by atoms with Gasteiger partial charge < -0.3 is 5.32 Å². The first kappa shape index (κ1) is 12.1. The standard InChI is InChI=1S/C14H23N/c1-4-5-13-6-8-14(9-7-13)15-11-10-12(2)3/h6-9,12,15H,4-5,10-11H2,1-3H3. The third kappa shape index (κ3) is 4.87. The Labute approximate surface area is 93.9 Å². The molecule has 0 unspecified atom stereocenters. The van der Waals surface area contributed by atoms with E-state index >= 15 is 0 Å². The Balaban J connectivity index is 2.36. The first-order chi connectivity index (χ1) is 7.22. The zero-order valence-electron chi connectivity index (χ0n) is 10.2. The zero-order chi connectivity index (χ0) is 11.1. The normalized spacial score (nSPS) is 10.7. The molecule has 0 bridgehead atoms. The first-order valence-corrected chi connectivity index (χ1v) is 6.05. The third-order valence-corrected chi connectivity index (χ3v) is 2.54. The fourth-order valence-electron chi connectivity index (χ4n) is 1.58. The molecular weight excluding hydrogens is 182 g/mol. The van der Waals surface area contributed by atoms with Gasteiger partial charge in [0, 0.05) is 12.2 Å². The quantitative estimate of drug-likeness (QED) is 0.737. The number of anilines is 1. The molecule has 84 valence electrons. The van der Waals surface area contributed by atoms with Gasteiger partial charge in [-0.1, -0.05) is 39.3 Å². The van der Waals surface area contributed by atoms with E-state index < -0.39 is 0 Å². The maximum atomic E-state index is 3.45. The summed E-state index contributed by atoms with van der Waals surface area (Å²) in [6, 6.07) is 8.82. The Hall–Kier alpha value is -0.980. The summed E-state index contributed by atoms with van der Waals surface area (Å²) >= 11 is 0. The van der Waals surface area contributed by atoms with E-state index in [9.17, 15) is 0 Å². The van der Waals surface area contributed by atoms with Gasteiger partial charge in [0.25, 0.3) is 0 Å². The van der Waals surface area contributed by atoms with Gasteiger partial charge in [-0.3, -0.25) is 0 Å². The van der Waals surface area contributed by atoms with Crippen molar-refractivity contribution in [1.82, 2.24) is 0 Å². The van der Waals surface area contributed by atoms with Crippen molar-refractivity contribution in [3.63, 3.8) is 0 Å². The molecule has 0 atom stereocenters. The number of benzene rings is 1. The summed E-state index contributed by atoms with van der Waals surface area (Å²) in [6.07, 6.45) is 3.64. The number of hydrogen-bond donors (Lipinski definition) is 1. The Kier molecular flexibility index (Phi) is 5.23. The fourth-order valence-corrected chi connectivity index (χ4v) is 1.58. The molecule has 1 rings (SSSR count). The summed E-state index contributed by atoms with van der Waals surface area (Å²) in [6.45, 7) is 7.80. The Morgan fingerprint density at radius 1 is 1.13 bits per heavy atom. The smallest absolute Gasteiger partial charge is 0.0340 e. The molecule has 0 aromatic heterocycles. The van der Waals surface area contributed by atoms with Crippen LogP contribution >= 0.6 is 0 Å². The lowest BCUT2D eigenvalue weighted by atomic mass is 10.1. The van der Waals surface area contributed by atoms with Gasteiger partial charge in [0.05, 0.1) is 0 Å². The Morgan fingerprint density at radius 3 is 2.33 bits per heavy atom. The van der Waals surface area contributed by atoms with E-state index in [1.165, 1.54) is 30.5 Å². The van der Waals surface area contributed by atoms with Crippen molar-refractivity contribution in [2.75, 3.05) is 11.9 Å². The summed E-state index contributed by atoms with van der Waals surface area (Å²) in [5, 5.41) is 3.45. The lowest BCUT2D eigenvalue weighted by molar-refractivity contribution is 0.607. The van der Waals surface area contributed by atoms with Crippen molar-refractivity contribution >= 4 is 5.69 Å². The molecule has 0 aliphatic rings. The van der Waals surface area contributed by atoms with Crippen LogP contribution in [-0.2, 0) is 6.42 Å². The number of aryl methyl sites for hydroxylation is 1. The van der Waals surface area contributed by atoms with Crippen LogP contribution in [0, 0.1) is 5.92 Å². The van der Waals surface area contributed by atoms with Crippen LogP contribution in [0.15, 0.2) is 24.3 Å². The molecule has 15 heavy (non-hydrogen) atoms. The summed E-state index contributed by atoms with van der Waals surface area (Å²) in [5.74, 6) is 0.775. The molecule has 0 radical (unpaired) electrons. The molecule has 0 saturated heterocycles. The average molecular weight is 205 g/mol. The van der Waals surface area contributed by atoms with Crippen LogP contribution in [-0.4, -0.2) is 6.54 Å². The van der Waals surface area contributed by atoms with E-state index in [0.29, 0.717) is 0 Å². The largest absolute Gasteiger partial charge is 0.385 e. The van der Waals surface area contributed by atoms with Crippen LogP contribution in [0.2, 0.25) is 0 Å². The second-order valence-corrected chi connectivity index (χ2v) is 4.56. The molecule has 0 aliphatic carbocycles. The second kappa shape index (κ2) is 6.49. The third-order valence-electron chi connectivity index (χ3n) is 2.54. The van der Waals surface area contributed by atoms with Gasteiger partial charge >= 0.3 is 0 Å². The topological polar surface area (TPSA) is 12.0 Å². The summed E-state index contributed by atoms with van der Waals surface area (Å²) in [4.78, 5) is 0. The molecule has 0 heterocycles. The van der Waals surface area contributed by atoms with Crippen molar-refractivity contribution in [2.24, 2.45) is 5.92 Å². The van der Waals surface area contributed by atoms with Gasteiger partial charge in [-0.25, -0.2) is 0 Å². The fraction of sp³-hybridized carbons (Fsp3) is 0.571. The molecule has 0 amide bonds. The van der Waals surface area contributed by atoms with E-state index in [-0.39, 0.29) is 0 Å². The van der Waals surface area contributed by atoms with Gasteiger partial charge in [0.2, 0.25) is 0 Å². The second-order valence-electron chi connectivity index (χ2n) is 4.56. The van der Waals surface area contributed by atoms with Crippen molar-refractivity contribution < 1.29 is 0 Å². The molecule has 1 nitrogen and oxygen atoms in total. The van der Waals surface area contributed by atoms with Crippen LogP contribution in [0.5, 0.6) is 0 Å². The molecule has 0 saturated carbocycles. The monoisotopic (exact) mass is 205 g/mol. The maximum Gasteiger partial charge on any atom is 0.0340 e. The molecule has 0 aliphatic heterocycles. The molecule has 1 aromatic rings. The molecule has 1 aromatic carbocycles. The van der Waals surface area contributed by atoms with Crippen LogP contribution < -0.4 is 5.32 Å². The summed E-state index contributed by atoms with van der Waals surface area (Å²) in [7, 11) is 0. The Morgan fingerprint density at radius 2 is 1.80 bits per heavy atom.